The molecule has 0 radical (unpaired) electrons. The van der Waals surface area contributed by atoms with Gasteiger partial charge in [0.15, 0.2) is 0 Å². The first kappa shape index (κ1) is 19.4. The normalized spacial score (nSPS) is 10.5. The first-order valence-electron chi connectivity index (χ1n) is 9.49. The maximum Gasteiger partial charge on any atom is 0.314 e. The van der Waals surface area contributed by atoms with Crippen LogP contribution in [0.1, 0.15) is 19.4 Å². The molecule has 0 spiro atoms. The number of rotatable bonds is 5. The van der Waals surface area contributed by atoms with Gasteiger partial charge in [-0.3, -0.25) is 9.59 Å². The van der Waals surface area contributed by atoms with Gasteiger partial charge in [-0.05, 0) is 56.0 Å². The fourth-order valence-electron chi connectivity index (χ4n) is 3.27. The SMILES string of the molecule is CCN(CC)c1ccc(NC(=O)C(=O)Nc2cccc3ccccc23)c(C)c1. The van der Waals surface area contributed by atoms with E-state index >= 15 is 0 Å². The molecule has 0 heterocycles. The molecular weight excluding hydrogens is 350 g/mol. The third kappa shape index (κ3) is 4.14. The Morgan fingerprint density at radius 3 is 2.14 bits per heavy atom. The molecule has 0 aliphatic heterocycles. The van der Waals surface area contributed by atoms with Crippen molar-refractivity contribution in [2.24, 2.45) is 0 Å². The molecule has 0 atom stereocenters. The predicted molar refractivity (Wildman–Crippen MR) is 116 cm³/mol. The Kier molecular flexibility index (Phi) is 5.94. The zero-order valence-electron chi connectivity index (χ0n) is 16.5. The summed E-state index contributed by atoms with van der Waals surface area (Å²) in [5.41, 5.74) is 3.26. The molecule has 0 saturated heterocycles. The van der Waals surface area contributed by atoms with Gasteiger partial charge in [0.2, 0.25) is 0 Å². The predicted octanol–water partition coefficient (Wildman–Crippen LogP) is 4.57. The van der Waals surface area contributed by atoms with Gasteiger partial charge in [-0.2, -0.15) is 0 Å². The summed E-state index contributed by atoms with van der Waals surface area (Å²) in [7, 11) is 0. The van der Waals surface area contributed by atoms with Gasteiger partial charge in [-0.25, -0.2) is 0 Å². The number of hydrogen-bond donors (Lipinski definition) is 2. The number of amides is 2. The molecule has 28 heavy (non-hydrogen) atoms. The first-order chi connectivity index (χ1) is 13.5. The number of anilines is 3. The van der Waals surface area contributed by atoms with Crippen molar-refractivity contribution in [3.8, 4) is 0 Å². The smallest absolute Gasteiger partial charge is 0.314 e. The highest BCUT2D eigenvalue weighted by Gasteiger charge is 2.16. The van der Waals surface area contributed by atoms with E-state index in [1.165, 1.54) is 0 Å². The second-order valence-electron chi connectivity index (χ2n) is 6.61. The summed E-state index contributed by atoms with van der Waals surface area (Å²) >= 11 is 0. The lowest BCUT2D eigenvalue weighted by Crippen LogP contribution is -2.29. The lowest BCUT2D eigenvalue weighted by Gasteiger charge is -2.22. The third-order valence-corrected chi connectivity index (χ3v) is 4.83. The highest BCUT2D eigenvalue weighted by molar-refractivity contribution is 6.44. The van der Waals surface area contributed by atoms with Gasteiger partial charge in [0, 0.05) is 35.5 Å². The van der Waals surface area contributed by atoms with Crippen molar-refractivity contribution in [3.63, 3.8) is 0 Å². The number of nitrogens with one attached hydrogen (secondary N) is 2. The number of aryl methyl sites for hydroxylation is 1. The van der Waals surface area contributed by atoms with Crippen LogP contribution < -0.4 is 15.5 Å². The van der Waals surface area contributed by atoms with Crippen LogP contribution in [-0.2, 0) is 9.59 Å². The van der Waals surface area contributed by atoms with Crippen LogP contribution >= 0.6 is 0 Å². The summed E-state index contributed by atoms with van der Waals surface area (Å²) in [6.45, 7) is 7.95. The minimum Gasteiger partial charge on any atom is -0.372 e. The maximum atomic E-state index is 12.4. The molecule has 3 aromatic carbocycles. The summed E-state index contributed by atoms with van der Waals surface area (Å²) in [5, 5.41) is 7.32. The Hall–Kier alpha value is -3.34. The van der Waals surface area contributed by atoms with Gasteiger partial charge in [-0.1, -0.05) is 36.4 Å². The molecule has 0 aliphatic rings. The summed E-state index contributed by atoms with van der Waals surface area (Å²) in [4.78, 5) is 27.0. The number of hydrogen-bond acceptors (Lipinski definition) is 3. The molecule has 0 saturated carbocycles. The van der Waals surface area contributed by atoms with Crippen LogP contribution in [-0.4, -0.2) is 24.9 Å². The van der Waals surface area contributed by atoms with Crippen LogP contribution in [0, 0.1) is 6.92 Å². The van der Waals surface area contributed by atoms with Gasteiger partial charge in [-0.15, -0.1) is 0 Å². The van der Waals surface area contributed by atoms with E-state index in [9.17, 15) is 9.59 Å². The monoisotopic (exact) mass is 375 g/mol. The van der Waals surface area contributed by atoms with Gasteiger partial charge in [0.05, 0.1) is 0 Å². The van der Waals surface area contributed by atoms with E-state index < -0.39 is 11.8 Å². The Balaban J connectivity index is 1.73. The third-order valence-electron chi connectivity index (χ3n) is 4.83. The van der Waals surface area contributed by atoms with Crippen molar-refractivity contribution in [1.29, 1.82) is 0 Å². The molecule has 0 fully saturated rings. The molecule has 3 rings (SSSR count). The standard InChI is InChI=1S/C23H25N3O2/c1-4-26(5-2)18-13-14-20(16(3)15-18)24-22(27)23(28)25-21-12-8-10-17-9-6-7-11-19(17)21/h6-15H,4-5H2,1-3H3,(H,24,27)(H,25,28). The van der Waals surface area contributed by atoms with Crippen LogP contribution in [0.25, 0.3) is 10.8 Å². The number of carbonyl (C=O) groups excluding carboxylic acids is 2. The van der Waals surface area contributed by atoms with Gasteiger partial charge in [0.1, 0.15) is 0 Å². The summed E-state index contributed by atoms with van der Waals surface area (Å²) in [6, 6.07) is 19.1. The Bertz CT molecular complexity index is 1000. The second-order valence-corrected chi connectivity index (χ2v) is 6.61. The quantitative estimate of drug-likeness (QED) is 0.642. The maximum absolute atomic E-state index is 12.4. The van der Waals surface area contributed by atoms with Gasteiger partial charge >= 0.3 is 11.8 Å². The highest BCUT2D eigenvalue weighted by Crippen LogP contribution is 2.24. The van der Waals surface area contributed by atoms with Crippen LogP contribution in [0.2, 0.25) is 0 Å². The average Bonchev–Trinajstić information content (AvgIpc) is 2.71. The molecule has 2 amide bonds. The molecule has 5 nitrogen and oxygen atoms in total. The fraction of sp³-hybridized carbons (Fsp3) is 0.217. The van der Waals surface area contributed by atoms with Crippen molar-refractivity contribution in [2.75, 3.05) is 28.6 Å². The van der Waals surface area contributed by atoms with Crippen LogP contribution in [0.4, 0.5) is 17.1 Å². The van der Waals surface area contributed by atoms with E-state index in [0.717, 1.165) is 35.1 Å². The lowest BCUT2D eigenvalue weighted by atomic mass is 10.1. The Morgan fingerprint density at radius 1 is 0.821 bits per heavy atom. The summed E-state index contributed by atoms with van der Waals surface area (Å²) in [6.07, 6.45) is 0. The molecule has 0 unspecified atom stereocenters. The molecular formula is C23H25N3O2. The fourth-order valence-corrected chi connectivity index (χ4v) is 3.27. The Morgan fingerprint density at radius 2 is 1.46 bits per heavy atom. The topological polar surface area (TPSA) is 61.4 Å². The largest absolute Gasteiger partial charge is 0.372 e. The average molecular weight is 375 g/mol. The number of fused-ring (bicyclic) bond motifs is 1. The minimum atomic E-state index is -0.691. The molecule has 144 valence electrons. The molecule has 0 aromatic heterocycles. The summed E-state index contributed by atoms with van der Waals surface area (Å²) in [5.74, 6) is -1.38. The van der Waals surface area contributed by atoms with E-state index in [2.05, 4.69) is 29.4 Å². The zero-order valence-corrected chi connectivity index (χ0v) is 16.5. The number of benzene rings is 3. The van der Waals surface area contributed by atoms with E-state index in [-0.39, 0.29) is 0 Å². The van der Waals surface area contributed by atoms with E-state index in [4.69, 9.17) is 0 Å². The van der Waals surface area contributed by atoms with Gasteiger partial charge in [0.25, 0.3) is 0 Å². The van der Waals surface area contributed by atoms with Crippen molar-refractivity contribution in [1.82, 2.24) is 0 Å². The zero-order chi connectivity index (χ0) is 20.1. The lowest BCUT2D eigenvalue weighted by molar-refractivity contribution is -0.132. The van der Waals surface area contributed by atoms with Crippen LogP contribution in [0.3, 0.4) is 0 Å². The van der Waals surface area contributed by atoms with Crippen LogP contribution in [0.5, 0.6) is 0 Å². The van der Waals surface area contributed by atoms with Gasteiger partial charge < -0.3 is 15.5 Å². The summed E-state index contributed by atoms with van der Waals surface area (Å²) < 4.78 is 0. The first-order valence-corrected chi connectivity index (χ1v) is 9.49. The van der Waals surface area contributed by atoms with Crippen molar-refractivity contribution in [2.45, 2.75) is 20.8 Å². The molecule has 0 bridgehead atoms. The molecule has 2 N–H and O–H groups in total. The van der Waals surface area contributed by atoms with Crippen molar-refractivity contribution in [3.05, 3.63) is 66.2 Å². The Labute approximate surface area is 165 Å². The molecule has 5 heteroatoms. The minimum absolute atomic E-state index is 0.617. The van der Waals surface area contributed by atoms with Crippen molar-refractivity contribution < 1.29 is 9.59 Å². The van der Waals surface area contributed by atoms with Crippen molar-refractivity contribution >= 4 is 39.6 Å². The highest BCUT2D eigenvalue weighted by atomic mass is 16.2. The van der Waals surface area contributed by atoms with Crippen LogP contribution in [0.15, 0.2) is 60.7 Å². The second kappa shape index (κ2) is 8.57. The van der Waals surface area contributed by atoms with E-state index in [1.807, 2.05) is 61.5 Å². The van der Waals surface area contributed by atoms with E-state index in [1.54, 1.807) is 6.07 Å². The number of carbonyl (C=O) groups is 2. The number of nitrogens with zero attached hydrogens (tertiary/aromatic N) is 1. The molecule has 0 aliphatic carbocycles. The van der Waals surface area contributed by atoms with E-state index in [0.29, 0.717) is 11.4 Å². The molecule has 3 aromatic rings.